The van der Waals surface area contributed by atoms with Gasteiger partial charge in [-0.25, -0.2) is 9.18 Å². The van der Waals surface area contributed by atoms with Gasteiger partial charge in [-0.1, -0.05) is 0 Å². The van der Waals surface area contributed by atoms with Crippen molar-refractivity contribution in [2.24, 2.45) is 0 Å². The third-order valence-corrected chi connectivity index (χ3v) is 2.44. The van der Waals surface area contributed by atoms with Crippen molar-refractivity contribution in [1.82, 2.24) is 0 Å². The molecule has 0 aliphatic heterocycles. The van der Waals surface area contributed by atoms with Crippen molar-refractivity contribution in [2.45, 2.75) is 4.90 Å². The van der Waals surface area contributed by atoms with Crippen LogP contribution in [-0.4, -0.2) is 17.3 Å². The number of nitrogens with zero attached hydrogens (tertiary/aromatic N) is 1. The standard InChI is InChI=1S/C9H6FNO2S/c1-14-7-3-2-6(10)8(9(12)13)5(7)4-11/h2-3H,1H3,(H,12,13). The predicted octanol–water partition coefficient (Wildman–Crippen LogP) is 2.12. The van der Waals surface area contributed by atoms with Gasteiger partial charge in [-0.05, 0) is 18.4 Å². The summed E-state index contributed by atoms with van der Waals surface area (Å²) in [5.74, 6) is -2.30. The molecule has 0 unspecified atom stereocenters. The second-order valence-electron chi connectivity index (χ2n) is 2.42. The van der Waals surface area contributed by atoms with Crippen LogP contribution in [0.1, 0.15) is 15.9 Å². The minimum absolute atomic E-state index is 0.120. The number of nitriles is 1. The Morgan fingerprint density at radius 2 is 2.29 bits per heavy atom. The van der Waals surface area contributed by atoms with Crippen LogP contribution in [0.2, 0.25) is 0 Å². The molecule has 0 fully saturated rings. The van der Waals surface area contributed by atoms with Crippen LogP contribution in [-0.2, 0) is 0 Å². The Kier molecular flexibility index (Phi) is 3.10. The summed E-state index contributed by atoms with van der Waals surface area (Å²) in [5, 5.41) is 17.4. The van der Waals surface area contributed by atoms with Gasteiger partial charge in [-0.15, -0.1) is 11.8 Å². The number of rotatable bonds is 2. The van der Waals surface area contributed by atoms with E-state index in [2.05, 4.69) is 0 Å². The van der Waals surface area contributed by atoms with E-state index in [9.17, 15) is 9.18 Å². The highest BCUT2D eigenvalue weighted by molar-refractivity contribution is 7.98. The van der Waals surface area contributed by atoms with Crippen molar-refractivity contribution in [2.75, 3.05) is 6.26 Å². The van der Waals surface area contributed by atoms with Gasteiger partial charge < -0.3 is 5.11 Å². The van der Waals surface area contributed by atoms with Crippen LogP contribution in [0, 0.1) is 17.1 Å². The molecule has 0 amide bonds. The summed E-state index contributed by atoms with van der Waals surface area (Å²) in [6.07, 6.45) is 1.69. The molecule has 0 heterocycles. The van der Waals surface area contributed by atoms with E-state index in [0.29, 0.717) is 4.90 Å². The average Bonchev–Trinajstić information content (AvgIpc) is 2.16. The molecule has 72 valence electrons. The van der Waals surface area contributed by atoms with Crippen molar-refractivity contribution in [3.8, 4) is 6.07 Å². The summed E-state index contributed by atoms with van der Waals surface area (Å²) in [6.45, 7) is 0. The molecule has 1 rings (SSSR count). The average molecular weight is 211 g/mol. The molecule has 1 aromatic carbocycles. The van der Waals surface area contributed by atoms with Gasteiger partial charge in [0.05, 0.1) is 5.56 Å². The fraction of sp³-hybridized carbons (Fsp3) is 0.111. The summed E-state index contributed by atoms with van der Waals surface area (Å²) in [5.41, 5.74) is -0.677. The molecule has 0 atom stereocenters. The molecular formula is C9H6FNO2S. The minimum atomic E-state index is -1.42. The summed E-state index contributed by atoms with van der Waals surface area (Å²) in [6, 6.07) is 4.14. The largest absolute Gasteiger partial charge is 0.478 e. The molecule has 0 aliphatic carbocycles. The van der Waals surface area contributed by atoms with Crippen LogP contribution in [0.4, 0.5) is 4.39 Å². The number of hydrogen-bond donors (Lipinski definition) is 1. The summed E-state index contributed by atoms with van der Waals surface area (Å²) >= 11 is 1.21. The first kappa shape index (κ1) is 10.5. The molecule has 1 N–H and O–H groups in total. The SMILES string of the molecule is CSc1ccc(F)c(C(=O)O)c1C#N. The predicted molar refractivity (Wildman–Crippen MR) is 49.9 cm³/mol. The normalized spacial score (nSPS) is 9.50. The highest BCUT2D eigenvalue weighted by Gasteiger charge is 2.18. The summed E-state index contributed by atoms with van der Waals surface area (Å²) in [4.78, 5) is 11.1. The monoisotopic (exact) mass is 211 g/mol. The van der Waals surface area contributed by atoms with Crippen molar-refractivity contribution in [1.29, 1.82) is 5.26 Å². The van der Waals surface area contributed by atoms with Crippen molar-refractivity contribution >= 4 is 17.7 Å². The number of carbonyl (C=O) groups is 1. The molecule has 0 saturated carbocycles. The molecule has 3 nitrogen and oxygen atoms in total. The fourth-order valence-corrected chi connectivity index (χ4v) is 1.60. The van der Waals surface area contributed by atoms with E-state index < -0.39 is 17.3 Å². The van der Waals surface area contributed by atoms with E-state index in [1.54, 1.807) is 12.3 Å². The Morgan fingerprint density at radius 1 is 1.64 bits per heavy atom. The number of benzene rings is 1. The lowest BCUT2D eigenvalue weighted by molar-refractivity contribution is 0.0691. The number of carboxylic acids is 1. The first-order chi connectivity index (χ1) is 6.61. The third-order valence-electron chi connectivity index (χ3n) is 1.66. The highest BCUT2D eigenvalue weighted by atomic mass is 32.2. The summed E-state index contributed by atoms with van der Waals surface area (Å²) in [7, 11) is 0. The van der Waals surface area contributed by atoms with E-state index in [1.807, 2.05) is 0 Å². The lowest BCUT2D eigenvalue weighted by atomic mass is 10.1. The maximum atomic E-state index is 13.1. The minimum Gasteiger partial charge on any atom is -0.478 e. The van der Waals surface area contributed by atoms with Gasteiger partial charge >= 0.3 is 5.97 Å². The van der Waals surface area contributed by atoms with Gasteiger partial charge in [-0.2, -0.15) is 5.26 Å². The van der Waals surface area contributed by atoms with E-state index in [4.69, 9.17) is 10.4 Å². The molecule has 0 radical (unpaired) electrons. The molecule has 0 spiro atoms. The highest BCUT2D eigenvalue weighted by Crippen LogP contribution is 2.24. The molecule has 0 saturated heterocycles. The summed E-state index contributed by atoms with van der Waals surface area (Å²) < 4.78 is 13.1. The zero-order valence-electron chi connectivity index (χ0n) is 7.24. The van der Waals surface area contributed by atoms with Gasteiger partial charge in [0, 0.05) is 4.90 Å². The lowest BCUT2D eigenvalue weighted by Crippen LogP contribution is -2.05. The molecule has 0 aromatic heterocycles. The van der Waals surface area contributed by atoms with Crippen LogP contribution in [0.25, 0.3) is 0 Å². The lowest BCUT2D eigenvalue weighted by Gasteiger charge is -2.04. The van der Waals surface area contributed by atoms with Crippen LogP contribution < -0.4 is 0 Å². The molecule has 1 aromatic rings. The topological polar surface area (TPSA) is 61.1 Å². The molecule has 0 bridgehead atoms. The van der Waals surface area contributed by atoms with Crippen LogP contribution >= 0.6 is 11.8 Å². The first-order valence-electron chi connectivity index (χ1n) is 3.61. The smallest absolute Gasteiger partial charge is 0.340 e. The molecule has 0 aliphatic rings. The Bertz CT molecular complexity index is 426. The number of hydrogen-bond acceptors (Lipinski definition) is 3. The fourth-order valence-electron chi connectivity index (χ4n) is 1.05. The zero-order valence-corrected chi connectivity index (χ0v) is 8.06. The number of carboxylic acid groups (broad SMARTS) is 1. The number of halogens is 1. The van der Waals surface area contributed by atoms with Crippen LogP contribution in [0.3, 0.4) is 0 Å². The molecule has 5 heteroatoms. The Hall–Kier alpha value is -1.54. The molecular weight excluding hydrogens is 205 g/mol. The van der Waals surface area contributed by atoms with Gasteiger partial charge in [0.2, 0.25) is 0 Å². The first-order valence-corrected chi connectivity index (χ1v) is 4.84. The van der Waals surface area contributed by atoms with Gasteiger partial charge in [0.1, 0.15) is 17.4 Å². The van der Waals surface area contributed by atoms with E-state index in [-0.39, 0.29) is 5.56 Å². The quantitative estimate of drug-likeness (QED) is 0.761. The van der Waals surface area contributed by atoms with Gasteiger partial charge in [0.25, 0.3) is 0 Å². The van der Waals surface area contributed by atoms with Crippen molar-refractivity contribution < 1.29 is 14.3 Å². The number of thioether (sulfide) groups is 1. The second kappa shape index (κ2) is 4.11. The van der Waals surface area contributed by atoms with Crippen LogP contribution in [0.5, 0.6) is 0 Å². The Morgan fingerprint density at radius 3 is 2.71 bits per heavy atom. The zero-order chi connectivity index (χ0) is 10.7. The van der Waals surface area contributed by atoms with Crippen molar-refractivity contribution in [3.63, 3.8) is 0 Å². The Balaban J connectivity index is 3.53. The van der Waals surface area contributed by atoms with Gasteiger partial charge in [-0.3, -0.25) is 0 Å². The van der Waals surface area contributed by atoms with E-state index in [0.717, 1.165) is 6.07 Å². The second-order valence-corrected chi connectivity index (χ2v) is 3.26. The van der Waals surface area contributed by atoms with Crippen molar-refractivity contribution in [3.05, 3.63) is 29.1 Å². The van der Waals surface area contributed by atoms with Gasteiger partial charge in [0.15, 0.2) is 0 Å². The number of aromatic carboxylic acids is 1. The Labute approximate surface area is 84.2 Å². The van der Waals surface area contributed by atoms with E-state index in [1.165, 1.54) is 17.8 Å². The van der Waals surface area contributed by atoms with E-state index >= 15 is 0 Å². The van der Waals surface area contributed by atoms with Crippen LogP contribution in [0.15, 0.2) is 17.0 Å². The maximum Gasteiger partial charge on any atom is 0.340 e. The maximum absolute atomic E-state index is 13.1. The third kappa shape index (κ3) is 1.70. The molecule has 14 heavy (non-hydrogen) atoms.